The maximum Gasteiger partial charge on any atom is 0.228 e. The number of hydrogen-bond donors (Lipinski definition) is 2. The van der Waals surface area contributed by atoms with E-state index in [-0.39, 0.29) is 11.8 Å². The summed E-state index contributed by atoms with van der Waals surface area (Å²) in [7, 11) is 0. The van der Waals surface area contributed by atoms with E-state index in [2.05, 4.69) is 39.9 Å². The number of amides is 1. The SMILES string of the molecule is CCc1ccc(Nc2ccc(NC(=O)C(C)C)nn2)cc1. The number of carbonyl (C=O) groups is 1. The second-order valence-corrected chi connectivity index (χ2v) is 5.12. The standard InChI is InChI=1S/C16H20N4O/c1-4-12-5-7-13(8-6-12)17-14-9-10-15(20-19-14)18-16(21)11(2)3/h5-11H,4H2,1-3H3,(H,17,19)(H,18,20,21). The molecular weight excluding hydrogens is 264 g/mol. The van der Waals surface area contributed by atoms with Crippen LogP contribution in [0.15, 0.2) is 36.4 Å². The topological polar surface area (TPSA) is 66.9 Å². The first kappa shape index (κ1) is 15.0. The van der Waals surface area contributed by atoms with Crippen LogP contribution in [-0.4, -0.2) is 16.1 Å². The van der Waals surface area contributed by atoms with Crippen molar-refractivity contribution in [2.75, 3.05) is 10.6 Å². The summed E-state index contributed by atoms with van der Waals surface area (Å²) in [4.78, 5) is 11.6. The van der Waals surface area contributed by atoms with E-state index in [4.69, 9.17) is 0 Å². The van der Waals surface area contributed by atoms with Gasteiger partial charge in [-0.2, -0.15) is 0 Å². The Kier molecular flexibility index (Phi) is 4.87. The van der Waals surface area contributed by atoms with E-state index < -0.39 is 0 Å². The summed E-state index contributed by atoms with van der Waals surface area (Å²) in [6.07, 6.45) is 1.02. The molecule has 2 N–H and O–H groups in total. The van der Waals surface area contributed by atoms with Crippen molar-refractivity contribution >= 4 is 23.2 Å². The minimum atomic E-state index is -0.0818. The largest absolute Gasteiger partial charge is 0.339 e. The lowest BCUT2D eigenvalue weighted by molar-refractivity contribution is -0.118. The number of nitrogens with zero attached hydrogens (tertiary/aromatic N) is 2. The fraction of sp³-hybridized carbons (Fsp3) is 0.312. The van der Waals surface area contributed by atoms with Gasteiger partial charge in [0.25, 0.3) is 0 Å². The van der Waals surface area contributed by atoms with Gasteiger partial charge in [0.2, 0.25) is 5.91 Å². The molecule has 0 aliphatic carbocycles. The normalized spacial score (nSPS) is 10.5. The average molecular weight is 284 g/mol. The Morgan fingerprint density at radius 2 is 1.67 bits per heavy atom. The van der Waals surface area contributed by atoms with E-state index in [1.807, 2.05) is 26.0 Å². The predicted molar refractivity (Wildman–Crippen MR) is 84.6 cm³/mol. The van der Waals surface area contributed by atoms with Gasteiger partial charge in [0, 0.05) is 11.6 Å². The minimum Gasteiger partial charge on any atom is -0.339 e. The number of carbonyl (C=O) groups excluding carboxylic acids is 1. The van der Waals surface area contributed by atoms with Crippen molar-refractivity contribution < 1.29 is 4.79 Å². The molecule has 5 nitrogen and oxygen atoms in total. The Labute approximate surface area is 124 Å². The molecule has 1 aromatic carbocycles. The Balaban J connectivity index is 2.00. The number of rotatable bonds is 5. The van der Waals surface area contributed by atoms with Crippen LogP contribution in [-0.2, 0) is 11.2 Å². The Morgan fingerprint density at radius 1 is 1.05 bits per heavy atom. The number of aryl methyl sites for hydroxylation is 1. The zero-order valence-electron chi connectivity index (χ0n) is 12.6. The van der Waals surface area contributed by atoms with E-state index in [1.54, 1.807) is 12.1 Å². The fourth-order valence-electron chi connectivity index (χ4n) is 1.71. The third kappa shape index (κ3) is 4.27. The number of benzene rings is 1. The summed E-state index contributed by atoms with van der Waals surface area (Å²) in [5.74, 6) is 0.948. The van der Waals surface area contributed by atoms with Crippen molar-refractivity contribution in [1.29, 1.82) is 0 Å². The van der Waals surface area contributed by atoms with Crippen molar-refractivity contribution in [2.24, 2.45) is 5.92 Å². The van der Waals surface area contributed by atoms with Crippen molar-refractivity contribution in [1.82, 2.24) is 10.2 Å². The highest BCUT2D eigenvalue weighted by Gasteiger charge is 2.08. The third-order valence-corrected chi connectivity index (χ3v) is 3.07. The van der Waals surface area contributed by atoms with Crippen molar-refractivity contribution in [3.8, 4) is 0 Å². The van der Waals surface area contributed by atoms with Gasteiger partial charge in [-0.1, -0.05) is 32.9 Å². The molecule has 2 rings (SSSR count). The van der Waals surface area contributed by atoms with Gasteiger partial charge >= 0.3 is 0 Å². The molecule has 0 aliphatic rings. The van der Waals surface area contributed by atoms with Crippen molar-refractivity contribution in [3.05, 3.63) is 42.0 Å². The summed E-state index contributed by atoms with van der Waals surface area (Å²) < 4.78 is 0. The van der Waals surface area contributed by atoms with Crippen LogP contribution in [0.5, 0.6) is 0 Å². The third-order valence-electron chi connectivity index (χ3n) is 3.07. The van der Waals surface area contributed by atoms with Crippen LogP contribution in [0.4, 0.5) is 17.3 Å². The molecule has 1 aromatic heterocycles. The van der Waals surface area contributed by atoms with E-state index in [1.165, 1.54) is 5.56 Å². The highest BCUT2D eigenvalue weighted by atomic mass is 16.1. The molecule has 110 valence electrons. The van der Waals surface area contributed by atoms with Gasteiger partial charge in [0.15, 0.2) is 11.6 Å². The fourth-order valence-corrected chi connectivity index (χ4v) is 1.71. The van der Waals surface area contributed by atoms with E-state index in [9.17, 15) is 4.79 Å². The second-order valence-electron chi connectivity index (χ2n) is 5.12. The summed E-state index contributed by atoms with van der Waals surface area (Å²) in [6.45, 7) is 5.79. The molecule has 0 unspecified atom stereocenters. The Morgan fingerprint density at radius 3 is 2.19 bits per heavy atom. The van der Waals surface area contributed by atoms with Crippen LogP contribution < -0.4 is 10.6 Å². The number of anilines is 3. The molecule has 5 heteroatoms. The first-order valence-corrected chi connectivity index (χ1v) is 7.09. The lowest BCUT2D eigenvalue weighted by atomic mass is 10.1. The van der Waals surface area contributed by atoms with Crippen molar-refractivity contribution in [3.63, 3.8) is 0 Å². The molecule has 1 heterocycles. The molecule has 0 bridgehead atoms. The van der Waals surface area contributed by atoms with Gasteiger partial charge in [0.05, 0.1) is 0 Å². The molecule has 21 heavy (non-hydrogen) atoms. The molecule has 2 aromatic rings. The van der Waals surface area contributed by atoms with Gasteiger partial charge in [-0.25, -0.2) is 0 Å². The maximum atomic E-state index is 11.6. The molecule has 0 atom stereocenters. The van der Waals surface area contributed by atoms with Gasteiger partial charge in [-0.15, -0.1) is 10.2 Å². The summed E-state index contributed by atoms with van der Waals surface area (Å²) in [5, 5.41) is 13.9. The van der Waals surface area contributed by atoms with Gasteiger partial charge < -0.3 is 10.6 Å². The van der Waals surface area contributed by atoms with E-state index in [0.29, 0.717) is 11.6 Å². The quantitative estimate of drug-likeness (QED) is 0.883. The molecular formula is C16H20N4O. The number of aromatic nitrogens is 2. The minimum absolute atomic E-state index is 0.0693. The number of nitrogens with one attached hydrogen (secondary N) is 2. The zero-order chi connectivity index (χ0) is 15.2. The van der Waals surface area contributed by atoms with Gasteiger partial charge in [-0.05, 0) is 36.2 Å². The average Bonchev–Trinajstić information content (AvgIpc) is 2.50. The molecule has 1 amide bonds. The molecule has 0 saturated carbocycles. The lowest BCUT2D eigenvalue weighted by Gasteiger charge is -2.08. The first-order chi connectivity index (χ1) is 10.1. The van der Waals surface area contributed by atoms with Crippen LogP contribution >= 0.6 is 0 Å². The van der Waals surface area contributed by atoms with Crippen LogP contribution in [0.1, 0.15) is 26.3 Å². The Hall–Kier alpha value is -2.43. The van der Waals surface area contributed by atoms with E-state index >= 15 is 0 Å². The van der Waals surface area contributed by atoms with Crippen molar-refractivity contribution in [2.45, 2.75) is 27.2 Å². The number of hydrogen-bond acceptors (Lipinski definition) is 4. The monoisotopic (exact) mass is 284 g/mol. The van der Waals surface area contributed by atoms with Gasteiger partial charge in [0.1, 0.15) is 0 Å². The summed E-state index contributed by atoms with van der Waals surface area (Å²) in [6, 6.07) is 11.7. The molecule has 0 saturated heterocycles. The summed E-state index contributed by atoms with van der Waals surface area (Å²) >= 11 is 0. The van der Waals surface area contributed by atoms with Gasteiger partial charge in [-0.3, -0.25) is 4.79 Å². The summed E-state index contributed by atoms with van der Waals surface area (Å²) in [5.41, 5.74) is 2.25. The van der Waals surface area contributed by atoms with Crippen LogP contribution in [0.2, 0.25) is 0 Å². The molecule has 0 fully saturated rings. The zero-order valence-corrected chi connectivity index (χ0v) is 12.6. The molecule has 0 aliphatic heterocycles. The predicted octanol–water partition coefficient (Wildman–Crippen LogP) is 3.38. The lowest BCUT2D eigenvalue weighted by Crippen LogP contribution is -2.18. The van der Waals surface area contributed by atoms with E-state index in [0.717, 1.165) is 12.1 Å². The molecule has 0 radical (unpaired) electrons. The Bertz CT molecular complexity index is 591. The van der Waals surface area contributed by atoms with Crippen LogP contribution in [0.25, 0.3) is 0 Å². The first-order valence-electron chi connectivity index (χ1n) is 7.09. The van der Waals surface area contributed by atoms with Crippen LogP contribution in [0, 0.1) is 5.92 Å². The second kappa shape index (κ2) is 6.83. The highest BCUT2D eigenvalue weighted by Crippen LogP contribution is 2.16. The van der Waals surface area contributed by atoms with Crippen LogP contribution in [0.3, 0.4) is 0 Å². The smallest absolute Gasteiger partial charge is 0.228 e. The highest BCUT2D eigenvalue weighted by molar-refractivity contribution is 5.91. The molecule has 0 spiro atoms. The maximum absolute atomic E-state index is 11.6.